The van der Waals surface area contributed by atoms with E-state index in [1.165, 1.54) is 141 Å². The average molecular weight is 901 g/mol. The van der Waals surface area contributed by atoms with Crippen molar-refractivity contribution in [2.45, 2.75) is 251 Å². The van der Waals surface area contributed by atoms with Crippen molar-refractivity contribution in [2.75, 3.05) is 41.0 Å². The first-order valence-electron chi connectivity index (χ1n) is 26.7. The minimum atomic E-state index is -0.876. The quantitative estimate of drug-likeness (QED) is 0.0281. The van der Waals surface area contributed by atoms with E-state index in [4.69, 9.17) is 14.2 Å². The van der Waals surface area contributed by atoms with Crippen molar-refractivity contribution in [1.29, 1.82) is 0 Å². The summed E-state index contributed by atoms with van der Waals surface area (Å²) in [6.45, 7) is 4.72. The van der Waals surface area contributed by atoms with Gasteiger partial charge in [0.25, 0.3) is 0 Å². The molecule has 0 heterocycles. The van der Waals surface area contributed by atoms with Crippen LogP contribution < -0.4 is 0 Å². The second kappa shape index (κ2) is 46.8. The molecule has 0 aromatic heterocycles. The molecule has 372 valence electrons. The number of allylic oxidation sites excluding steroid dienone is 8. The summed E-state index contributed by atoms with van der Waals surface area (Å²) >= 11 is 0. The largest absolute Gasteiger partial charge is 0.477 e. The van der Waals surface area contributed by atoms with E-state index >= 15 is 0 Å². The van der Waals surface area contributed by atoms with Crippen molar-refractivity contribution in [1.82, 2.24) is 0 Å². The van der Waals surface area contributed by atoms with Crippen LogP contribution in [0.2, 0.25) is 0 Å². The molecule has 0 amide bonds. The topological polar surface area (TPSA) is 99.1 Å². The molecule has 0 spiro atoms. The van der Waals surface area contributed by atoms with E-state index in [0.29, 0.717) is 19.3 Å². The Morgan fingerprint density at radius 1 is 0.469 bits per heavy atom. The van der Waals surface area contributed by atoms with Crippen LogP contribution >= 0.6 is 0 Å². The Kier molecular flexibility index (Phi) is 44.8. The number of carbonyl (C=O) groups is 3. The molecular weight excluding hydrogens is 799 g/mol. The Morgan fingerprint density at radius 2 is 0.828 bits per heavy atom. The average Bonchev–Trinajstić information content (AvgIpc) is 3.26. The molecule has 0 aromatic carbocycles. The van der Waals surface area contributed by atoms with Crippen molar-refractivity contribution < 1.29 is 38.2 Å². The summed E-state index contributed by atoms with van der Waals surface area (Å²) in [5, 5.41) is 9.66. The van der Waals surface area contributed by atoms with Gasteiger partial charge in [-0.15, -0.1) is 0 Å². The molecule has 0 aliphatic carbocycles. The van der Waals surface area contributed by atoms with Gasteiger partial charge in [0.2, 0.25) is 0 Å². The Hall–Kier alpha value is -2.71. The Morgan fingerprint density at radius 3 is 1.27 bits per heavy atom. The molecule has 0 aliphatic rings. The lowest BCUT2D eigenvalue weighted by Gasteiger charge is -2.31. The van der Waals surface area contributed by atoms with Gasteiger partial charge in [-0.25, -0.2) is 4.79 Å². The standard InChI is InChI=1S/C56H101NO7/c1-6-8-10-12-14-16-18-20-22-24-26-27-28-29-31-33-35-37-39-41-43-45-47-55(59)64-52(50-62-49-48-53(56(60)61)57(3,4)5)51-63-54(58)46-44-42-40-38-36-34-32-30-25-23-21-19-17-15-13-11-9-7-2/h14,16,20,22,26-27,30,32,52-53H,6-13,15,17-19,21,23-25,28-29,31,33-51H2,1-5H3/p+1/b16-14+,22-20+,27-26+,32-30+. The second-order valence-corrected chi connectivity index (χ2v) is 19.1. The number of carboxylic acid groups (broad SMARTS) is 1. The molecular formula is C56H102NO7+. The summed E-state index contributed by atoms with van der Waals surface area (Å²) in [5.41, 5.74) is 0. The number of ether oxygens (including phenoxy) is 3. The fraction of sp³-hybridized carbons (Fsp3) is 0.804. The number of esters is 2. The number of rotatable bonds is 48. The fourth-order valence-electron chi connectivity index (χ4n) is 7.80. The Bertz CT molecular complexity index is 1190. The number of aliphatic carboxylic acids is 1. The molecule has 2 unspecified atom stereocenters. The molecule has 0 saturated carbocycles. The Labute approximate surface area is 395 Å². The minimum Gasteiger partial charge on any atom is -0.477 e. The molecule has 0 bridgehead atoms. The lowest BCUT2D eigenvalue weighted by Crippen LogP contribution is -2.50. The summed E-state index contributed by atoms with van der Waals surface area (Å²) in [6, 6.07) is -0.618. The van der Waals surface area contributed by atoms with E-state index in [0.717, 1.165) is 64.2 Å². The van der Waals surface area contributed by atoms with E-state index in [-0.39, 0.29) is 36.2 Å². The molecule has 0 fully saturated rings. The third-order valence-electron chi connectivity index (χ3n) is 12.0. The summed E-state index contributed by atoms with van der Waals surface area (Å²) < 4.78 is 17.4. The van der Waals surface area contributed by atoms with Gasteiger partial charge in [-0.3, -0.25) is 9.59 Å². The number of likely N-dealkylation sites (N-methyl/N-ethyl adjacent to an activating group) is 1. The maximum atomic E-state index is 12.8. The van der Waals surface area contributed by atoms with Crippen LogP contribution in [0.15, 0.2) is 48.6 Å². The van der Waals surface area contributed by atoms with Crippen LogP contribution in [0.1, 0.15) is 239 Å². The third kappa shape index (κ3) is 44.5. The lowest BCUT2D eigenvalue weighted by molar-refractivity contribution is -0.887. The second-order valence-electron chi connectivity index (χ2n) is 19.1. The summed E-state index contributed by atoms with van der Waals surface area (Å²) in [4.78, 5) is 37.2. The van der Waals surface area contributed by atoms with Crippen LogP contribution in [0, 0.1) is 0 Å². The normalized spacial score (nSPS) is 13.2. The van der Waals surface area contributed by atoms with Gasteiger partial charge < -0.3 is 23.8 Å². The van der Waals surface area contributed by atoms with E-state index in [1.807, 2.05) is 21.1 Å². The number of carbonyl (C=O) groups excluding carboxylic acids is 2. The zero-order chi connectivity index (χ0) is 47.0. The maximum absolute atomic E-state index is 12.8. The first kappa shape index (κ1) is 61.3. The molecule has 64 heavy (non-hydrogen) atoms. The highest BCUT2D eigenvalue weighted by Gasteiger charge is 2.31. The molecule has 8 heteroatoms. The van der Waals surface area contributed by atoms with Crippen LogP contribution in [0.5, 0.6) is 0 Å². The first-order chi connectivity index (χ1) is 31.1. The monoisotopic (exact) mass is 901 g/mol. The zero-order valence-corrected chi connectivity index (χ0v) is 42.5. The van der Waals surface area contributed by atoms with Gasteiger partial charge in [0.05, 0.1) is 34.4 Å². The third-order valence-corrected chi connectivity index (χ3v) is 12.0. The molecule has 0 radical (unpaired) electrons. The van der Waals surface area contributed by atoms with E-state index in [2.05, 4.69) is 62.5 Å². The molecule has 8 nitrogen and oxygen atoms in total. The van der Waals surface area contributed by atoms with E-state index < -0.39 is 18.1 Å². The van der Waals surface area contributed by atoms with Crippen LogP contribution in [-0.4, -0.2) is 80.6 Å². The number of hydrogen-bond donors (Lipinski definition) is 1. The van der Waals surface area contributed by atoms with Gasteiger partial charge in [0.15, 0.2) is 12.1 Å². The maximum Gasteiger partial charge on any atom is 0.362 e. The highest BCUT2D eigenvalue weighted by molar-refractivity contribution is 5.72. The van der Waals surface area contributed by atoms with Gasteiger partial charge in [-0.05, 0) is 77.0 Å². The molecule has 0 rings (SSSR count). The number of nitrogens with zero attached hydrogens (tertiary/aromatic N) is 1. The number of unbranched alkanes of at least 4 members (excludes halogenated alkanes) is 26. The van der Waals surface area contributed by atoms with Gasteiger partial charge >= 0.3 is 17.9 Å². The SMILES string of the molecule is CCCCC/C=C/C/C=C/C/C=C/CCCCCCCCCCCC(=O)OC(COCCC(C(=O)O)[N+](C)(C)C)COC(=O)CCCCCCC/C=C/CCCCCCCCCCC. The van der Waals surface area contributed by atoms with Crippen molar-refractivity contribution in [3.05, 3.63) is 48.6 Å². The van der Waals surface area contributed by atoms with Gasteiger partial charge in [-0.2, -0.15) is 0 Å². The minimum absolute atomic E-state index is 0.0567. The zero-order valence-electron chi connectivity index (χ0n) is 42.5. The molecule has 1 N–H and O–H groups in total. The predicted molar refractivity (Wildman–Crippen MR) is 271 cm³/mol. The molecule has 0 aliphatic heterocycles. The smallest absolute Gasteiger partial charge is 0.362 e. The highest BCUT2D eigenvalue weighted by atomic mass is 16.6. The predicted octanol–water partition coefficient (Wildman–Crippen LogP) is 15.5. The van der Waals surface area contributed by atoms with Crippen LogP contribution in [0.3, 0.4) is 0 Å². The summed E-state index contributed by atoms with van der Waals surface area (Å²) in [5.74, 6) is -1.48. The lowest BCUT2D eigenvalue weighted by atomic mass is 10.1. The first-order valence-corrected chi connectivity index (χ1v) is 26.7. The summed E-state index contributed by atoms with van der Waals surface area (Å²) in [7, 11) is 5.54. The molecule has 2 atom stereocenters. The summed E-state index contributed by atoms with van der Waals surface area (Å²) in [6.07, 6.45) is 57.3. The van der Waals surface area contributed by atoms with Gasteiger partial charge in [0.1, 0.15) is 6.61 Å². The van der Waals surface area contributed by atoms with Crippen LogP contribution in [0.4, 0.5) is 0 Å². The molecule has 0 saturated heterocycles. The highest BCUT2D eigenvalue weighted by Crippen LogP contribution is 2.15. The molecule has 0 aromatic rings. The van der Waals surface area contributed by atoms with Crippen LogP contribution in [0.25, 0.3) is 0 Å². The van der Waals surface area contributed by atoms with Crippen molar-refractivity contribution in [3.63, 3.8) is 0 Å². The number of quaternary nitrogens is 1. The van der Waals surface area contributed by atoms with Crippen molar-refractivity contribution in [2.24, 2.45) is 0 Å². The number of carboxylic acids is 1. The van der Waals surface area contributed by atoms with Gasteiger partial charge in [-0.1, -0.05) is 191 Å². The van der Waals surface area contributed by atoms with Crippen molar-refractivity contribution in [3.8, 4) is 0 Å². The van der Waals surface area contributed by atoms with Crippen molar-refractivity contribution >= 4 is 17.9 Å². The fourth-order valence-corrected chi connectivity index (χ4v) is 7.80. The van der Waals surface area contributed by atoms with E-state index in [1.54, 1.807) is 0 Å². The Balaban J connectivity index is 4.24. The number of hydrogen-bond acceptors (Lipinski definition) is 6. The van der Waals surface area contributed by atoms with Crippen LogP contribution in [-0.2, 0) is 28.6 Å². The van der Waals surface area contributed by atoms with Gasteiger partial charge in [0, 0.05) is 19.3 Å². The van der Waals surface area contributed by atoms with E-state index in [9.17, 15) is 19.5 Å².